The van der Waals surface area contributed by atoms with Gasteiger partial charge in [-0.2, -0.15) is 0 Å². The van der Waals surface area contributed by atoms with Gasteiger partial charge in [-0.25, -0.2) is 0 Å². The van der Waals surface area contributed by atoms with E-state index >= 15 is 0 Å². The summed E-state index contributed by atoms with van der Waals surface area (Å²) in [6.45, 7) is 1.97. The molecule has 5 rings (SSSR count). The summed E-state index contributed by atoms with van der Waals surface area (Å²) in [5.74, 6) is -0.185. The van der Waals surface area contributed by atoms with Crippen molar-refractivity contribution >= 4 is 40.7 Å². The van der Waals surface area contributed by atoms with Gasteiger partial charge in [0.25, 0.3) is 5.91 Å². The quantitative estimate of drug-likeness (QED) is 0.745. The maximum absolute atomic E-state index is 12.6. The maximum atomic E-state index is 12.6. The molecule has 3 aliphatic carbocycles. The van der Waals surface area contributed by atoms with Crippen LogP contribution in [0.4, 0.5) is 5.69 Å². The summed E-state index contributed by atoms with van der Waals surface area (Å²) in [7, 11) is 0. The van der Waals surface area contributed by atoms with E-state index in [9.17, 15) is 9.59 Å². The van der Waals surface area contributed by atoms with E-state index in [1.54, 1.807) is 48.5 Å². The first-order chi connectivity index (χ1) is 12.8. The van der Waals surface area contributed by atoms with Crippen LogP contribution in [0.2, 0.25) is 10.0 Å². The van der Waals surface area contributed by atoms with Crippen molar-refractivity contribution in [2.45, 2.75) is 31.7 Å². The lowest BCUT2D eigenvalue weighted by molar-refractivity contribution is -0.184. The predicted molar refractivity (Wildman–Crippen MR) is 107 cm³/mol. The normalized spacial score (nSPS) is 26.3. The molecular formula is C21H20Cl2N2O2. The molecule has 2 aromatic rings. The number of carbonyl (C=O) groups excluding carboxylic acids is 2. The summed E-state index contributed by atoms with van der Waals surface area (Å²) in [6.07, 6.45) is 2.53. The first-order valence-corrected chi connectivity index (χ1v) is 9.71. The minimum absolute atomic E-state index is 0.00894. The Morgan fingerprint density at radius 1 is 0.926 bits per heavy atom. The molecule has 3 fully saturated rings. The van der Waals surface area contributed by atoms with Crippen molar-refractivity contribution in [3.8, 4) is 0 Å². The smallest absolute Gasteiger partial charge is 0.251 e. The minimum Gasteiger partial charge on any atom is -0.347 e. The Balaban J connectivity index is 1.33. The van der Waals surface area contributed by atoms with Gasteiger partial charge in [-0.15, -0.1) is 0 Å². The standard InChI is InChI=1S/C21H20Cl2N2O2/c1-13(18(26)24-17-8-6-16(23)7-9-17)20-10-21(11-20,12-20)25-19(27)14-2-4-15(22)5-3-14/h2-9,13H,10-12H2,1H3,(H,24,26)(H,25,27). The molecule has 27 heavy (non-hydrogen) atoms. The lowest BCUT2D eigenvalue weighted by Gasteiger charge is -2.72. The van der Waals surface area contributed by atoms with E-state index in [0.717, 1.165) is 24.9 Å². The molecule has 0 aromatic heterocycles. The van der Waals surface area contributed by atoms with Crippen LogP contribution in [-0.2, 0) is 4.79 Å². The van der Waals surface area contributed by atoms with Gasteiger partial charge < -0.3 is 10.6 Å². The summed E-state index contributed by atoms with van der Waals surface area (Å²) < 4.78 is 0. The molecule has 6 heteroatoms. The molecule has 0 saturated heterocycles. The fraction of sp³-hybridized carbons (Fsp3) is 0.333. The van der Waals surface area contributed by atoms with Crippen molar-refractivity contribution in [3.05, 3.63) is 64.1 Å². The molecule has 2 aromatic carbocycles. The largest absolute Gasteiger partial charge is 0.347 e. The van der Waals surface area contributed by atoms with Crippen molar-refractivity contribution in [2.24, 2.45) is 11.3 Å². The molecule has 2 N–H and O–H groups in total. The Morgan fingerprint density at radius 3 is 2.00 bits per heavy atom. The number of nitrogens with one attached hydrogen (secondary N) is 2. The predicted octanol–water partition coefficient (Wildman–Crippen LogP) is 4.92. The zero-order valence-electron chi connectivity index (χ0n) is 14.9. The summed E-state index contributed by atoms with van der Waals surface area (Å²) in [5, 5.41) is 7.34. The zero-order valence-corrected chi connectivity index (χ0v) is 16.4. The topological polar surface area (TPSA) is 58.2 Å². The van der Waals surface area contributed by atoms with Crippen LogP contribution in [0.25, 0.3) is 0 Å². The average molecular weight is 403 g/mol. The molecule has 2 bridgehead atoms. The molecule has 0 heterocycles. The first-order valence-electron chi connectivity index (χ1n) is 8.95. The van der Waals surface area contributed by atoms with Crippen molar-refractivity contribution in [1.82, 2.24) is 5.32 Å². The minimum atomic E-state index is -0.161. The van der Waals surface area contributed by atoms with Gasteiger partial charge in [0.2, 0.25) is 5.91 Å². The molecule has 3 saturated carbocycles. The fourth-order valence-electron chi connectivity index (χ4n) is 4.43. The van der Waals surface area contributed by atoms with E-state index in [0.29, 0.717) is 15.6 Å². The maximum Gasteiger partial charge on any atom is 0.251 e. The molecule has 3 aliphatic rings. The lowest BCUT2D eigenvalue weighted by Crippen LogP contribution is -2.77. The SMILES string of the molecule is CC(C(=O)Nc1ccc(Cl)cc1)C12CC(NC(=O)c3ccc(Cl)cc3)(C1)C2. The van der Waals surface area contributed by atoms with Gasteiger partial charge in [0.05, 0.1) is 0 Å². The number of halogens is 2. The molecule has 1 atom stereocenters. The lowest BCUT2D eigenvalue weighted by atomic mass is 9.36. The van der Waals surface area contributed by atoms with E-state index in [4.69, 9.17) is 23.2 Å². The highest BCUT2D eigenvalue weighted by Gasteiger charge is 2.71. The Bertz CT molecular complexity index is 874. The number of carbonyl (C=O) groups is 2. The van der Waals surface area contributed by atoms with E-state index in [1.165, 1.54) is 0 Å². The van der Waals surface area contributed by atoms with Gasteiger partial charge in [0, 0.05) is 32.8 Å². The van der Waals surface area contributed by atoms with Crippen LogP contribution in [0.5, 0.6) is 0 Å². The van der Waals surface area contributed by atoms with E-state index in [1.807, 2.05) is 6.92 Å². The first kappa shape index (κ1) is 18.3. The van der Waals surface area contributed by atoms with Crippen molar-refractivity contribution in [1.29, 1.82) is 0 Å². The van der Waals surface area contributed by atoms with Gasteiger partial charge in [0.15, 0.2) is 0 Å². The number of amides is 2. The molecule has 140 valence electrons. The second kappa shape index (κ2) is 6.54. The van der Waals surface area contributed by atoms with Crippen LogP contribution < -0.4 is 10.6 Å². The van der Waals surface area contributed by atoms with Gasteiger partial charge in [-0.05, 0) is 73.2 Å². The Morgan fingerprint density at radius 2 is 1.44 bits per heavy atom. The van der Waals surface area contributed by atoms with Crippen LogP contribution in [0.15, 0.2) is 48.5 Å². The summed E-state index contributed by atoms with van der Waals surface area (Å²) >= 11 is 11.7. The number of benzene rings is 2. The molecule has 0 radical (unpaired) electrons. The second-order valence-electron chi connectivity index (χ2n) is 7.85. The Hall–Kier alpha value is -2.04. The number of anilines is 1. The van der Waals surface area contributed by atoms with Crippen LogP contribution in [0.1, 0.15) is 36.5 Å². The highest BCUT2D eigenvalue weighted by Crippen LogP contribution is 2.70. The van der Waals surface area contributed by atoms with E-state index in [2.05, 4.69) is 10.6 Å². The summed E-state index contributed by atoms with van der Waals surface area (Å²) in [6, 6.07) is 14.0. The molecule has 1 unspecified atom stereocenters. The third-order valence-electron chi connectivity index (χ3n) is 5.98. The third-order valence-corrected chi connectivity index (χ3v) is 6.48. The molecule has 4 nitrogen and oxygen atoms in total. The van der Waals surface area contributed by atoms with E-state index in [-0.39, 0.29) is 28.7 Å². The van der Waals surface area contributed by atoms with Crippen molar-refractivity contribution in [3.63, 3.8) is 0 Å². The van der Waals surface area contributed by atoms with Crippen LogP contribution in [0.3, 0.4) is 0 Å². The highest BCUT2D eigenvalue weighted by molar-refractivity contribution is 6.31. The average Bonchev–Trinajstić information content (AvgIpc) is 2.58. The van der Waals surface area contributed by atoms with Crippen molar-refractivity contribution < 1.29 is 9.59 Å². The number of rotatable bonds is 5. The summed E-state index contributed by atoms with van der Waals surface area (Å²) in [5.41, 5.74) is 1.18. The van der Waals surface area contributed by atoms with Crippen LogP contribution >= 0.6 is 23.2 Å². The number of hydrogen-bond donors (Lipinski definition) is 2. The molecule has 2 amide bonds. The summed E-state index contributed by atoms with van der Waals surface area (Å²) in [4.78, 5) is 25.0. The van der Waals surface area contributed by atoms with Gasteiger partial charge in [-0.1, -0.05) is 30.1 Å². The van der Waals surface area contributed by atoms with Gasteiger partial charge >= 0.3 is 0 Å². The van der Waals surface area contributed by atoms with Gasteiger partial charge in [-0.3, -0.25) is 9.59 Å². The van der Waals surface area contributed by atoms with Crippen molar-refractivity contribution in [2.75, 3.05) is 5.32 Å². The fourth-order valence-corrected chi connectivity index (χ4v) is 4.69. The highest BCUT2D eigenvalue weighted by atomic mass is 35.5. The van der Waals surface area contributed by atoms with Crippen LogP contribution in [0, 0.1) is 11.3 Å². The monoisotopic (exact) mass is 402 g/mol. The zero-order chi connectivity index (χ0) is 19.2. The molecular weight excluding hydrogens is 383 g/mol. The molecule has 0 spiro atoms. The van der Waals surface area contributed by atoms with E-state index < -0.39 is 0 Å². The van der Waals surface area contributed by atoms with Crippen LogP contribution in [-0.4, -0.2) is 17.4 Å². The third kappa shape index (κ3) is 3.32. The second-order valence-corrected chi connectivity index (χ2v) is 8.72. The van der Waals surface area contributed by atoms with Gasteiger partial charge in [0.1, 0.15) is 0 Å². The Labute approximate surface area is 168 Å². The number of hydrogen-bond acceptors (Lipinski definition) is 2. The Kier molecular flexibility index (Phi) is 4.44. The molecule has 0 aliphatic heterocycles.